The van der Waals surface area contributed by atoms with Gasteiger partial charge in [-0.05, 0) is 43.2 Å². The molecule has 1 N–H and O–H groups in total. The number of nitrogens with one attached hydrogen (secondary N) is 1. The molecule has 0 atom stereocenters. The number of amides is 1. The second kappa shape index (κ2) is 9.57. The summed E-state index contributed by atoms with van der Waals surface area (Å²) < 4.78 is 16.1. The van der Waals surface area contributed by atoms with Crippen molar-refractivity contribution < 1.29 is 19.0 Å². The van der Waals surface area contributed by atoms with Gasteiger partial charge in [0.05, 0.1) is 20.8 Å². The van der Waals surface area contributed by atoms with Crippen molar-refractivity contribution in [2.24, 2.45) is 0 Å². The van der Waals surface area contributed by atoms with Crippen molar-refractivity contribution >= 4 is 5.91 Å². The molecule has 0 heterocycles. The van der Waals surface area contributed by atoms with Gasteiger partial charge < -0.3 is 19.5 Å². The van der Waals surface area contributed by atoms with Gasteiger partial charge in [0.1, 0.15) is 5.75 Å². The van der Waals surface area contributed by atoms with Gasteiger partial charge >= 0.3 is 0 Å². The zero-order valence-corrected chi connectivity index (χ0v) is 15.0. The summed E-state index contributed by atoms with van der Waals surface area (Å²) in [4.78, 5) is 11.9. The average Bonchev–Trinajstić information content (AvgIpc) is 2.64. The Bertz CT molecular complexity index is 683. The summed E-state index contributed by atoms with van der Waals surface area (Å²) in [6.07, 6.45) is 1.10. The minimum absolute atomic E-state index is 0.00212. The van der Waals surface area contributed by atoms with Gasteiger partial charge in [-0.1, -0.05) is 23.8 Å². The van der Waals surface area contributed by atoms with E-state index in [-0.39, 0.29) is 5.91 Å². The fourth-order valence-electron chi connectivity index (χ4n) is 2.34. The maximum absolute atomic E-state index is 11.9. The van der Waals surface area contributed by atoms with E-state index >= 15 is 0 Å². The molecule has 134 valence electrons. The topological polar surface area (TPSA) is 56.8 Å². The molecule has 1 amide bonds. The van der Waals surface area contributed by atoms with E-state index in [1.54, 1.807) is 14.2 Å². The van der Waals surface area contributed by atoms with Crippen LogP contribution in [0.25, 0.3) is 0 Å². The van der Waals surface area contributed by atoms with Gasteiger partial charge in [-0.2, -0.15) is 0 Å². The molecule has 2 rings (SSSR count). The Morgan fingerprint density at radius 2 is 1.72 bits per heavy atom. The van der Waals surface area contributed by atoms with Crippen molar-refractivity contribution in [1.29, 1.82) is 0 Å². The fourth-order valence-corrected chi connectivity index (χ4v) is 2.34. The standard InChI is InChI=1S/C20H25NO4/c1-15-6-9-17(10-7-15)25-12-4-5-20(22)21-14-16-8-11-18(23-2)19(13-16)24-3/h6-11,13H,4-5,12,14H2,1-3H3,(H,21,22). The average molecular weight is 343 g/mol. The lowest BCUT2D eigenvalue weighted by atomic mass is 10.2. The van der Waals surface area contributed by atoms with E-state index < -0.39 is 0 Å². The van der Waals surface area contributed by atoms with Crippen LogP contribution in [0.15, 0.2) is 42.5 Å². The molecule has 5 nitrogen and oxygen atoms in total. The lowest BCUT2D eigenvalue weighted by Gasteiger charge is -2.10. The molecule has 2 aromatic carbocycles. The van der Waals surface area contributed by atoms with E-state index in [4.69, 9.17) is 14.2 Å². The Hall–Kier alpha value is -2.69. The third-order valence-electron chi connectivity index (χ3n) is 3.78. The van der Waals surface area contributed by atoms with Crippen molar-refractivity contribution in [3.8, 4) is 17.2 Å². The highest BCUT2D eigenvalue weighted by Crippen LogP contribution is 2.27. The van der Waals surface area contributed by atoms with Crippen LogP contribution in [0.5, 0.6) is 17.2 Å². The number of carbonyl (C=O) groups excluding carboxylic acids is 1. The Balaban J connectivity index is 1.69. The van der Waals surface area contributed by atoms with Crippen LogP contribution in [0.3, 0.4) is 0 Å². The number of benzene rings is 2. The molecule has 0 aliphatic rings. The molecule has 25 heavy (non-hydrogen) atoms. The van der Waals surface area contributed by atoms with Gasteiger partial charge in [-0.3, -0.25) is 4.79 Å². The van der Waals surface area contributed by atoms with E-state index in [1.165, 1.54) is 5.56 Å². The van der Waals surface area contributed by atoms with Crippen molar-refractivity contribution in [3.05, 3.63) is 53.6 Å². The van der Waals surface area contributed by atoms with Crippen molar-refractivity contribution in [2.75, 3.05) is 20.8 Å². The molecule has 0 saturated carbocycles. The summed E-state index contributed by atoms with van der Waals surface area (Å²) in [7, 11) is 3.19. The molecule has 0 radical (unpaired) electrons. The largest absolute Gasteiger partial charge is 0.494 e. The summed E-state index contributed by atoms with van der Waals surface area (Å²) in [5.74, 6) is 2.16. The van der Waals surface area contributed by atoms with Crippen LogP contribution in [0, 0.1) is 6.92 Å². The first-order valence-corrected chi connectivity index (χ1v) is 8.29. The molecular weight excluding hydrogens is 318 g/mol. The molecule has 0 bridgehead atoms. The molecule has 2 aromatic rings. The first kappa shape index (κ1) is 18.6. The molecule has 0 spiro atoms. The summed E-state index contributed by atoms with van der Waals surface area (Å²) in [6.45, 7) is 3.01. The zero-order valence-electron chi connectivity index (χ0n) is 15.0. The molecule has 0 unspecified atom stereocenters. The third-order valence-corrected chi connectivity index (χ3v) is 3.78. The zero-order chi connectivity index (χ0) is 18.1. The number of aryl methyl sites for hydroxylation is 1. The molecule has 0 fully saturated rings. The van der Waals surface area contributed by atoms with Gasteiger partial charge in [-0.15, -0.1) is 0 Å². The monoisotopic (exact) mass is 343 g/mol. The first-order valence-electron chi connectivity index (χ1n) is 8.29. The molecule has 0 aliphatic heterocycles. The highest BCUT2D eigenvalue weighted by atomic mass is 16.5. The second-order valence-corrected chi connectivity index (χ2v) is 5.73. The Labute approximate surface area is 148 Å². The predicted octanol–water partition coefficient (Wildman–Crippen LogP) is 3.49. The number of ether oxygens (including phenoxy) is 3. The van der Waals surface area contributed by atoms with Crippen molar-refractivity contribution in [3.63, 3.8) is 0 Å². The highest BCUT2D eigenvalue weighted by Gasteiger charge is 2.06. The van der Waals surface area contributed by atoms with Crippen LogP contribution in [0.2, 0.25) is 0 Å². The van der Waals surface area contributed by atoms with Gasteiger partial charge in [-0.25, -0.2) is 0 Å². The summed E-state index contributed by atoms with van der Waals surface area (Å²) >= 11 is 0. The smallest absolute Gasteiger partial charge is 0.220 e. The lowest BCUT2D eigenvalue weighted by Crippen LogP contribution is -2.23. The quantitative estimate of drug-likeness (QED) is 0.708. The van der Waals surface area contributed by atoms with Crippen LogP contribution >= 0.6 is 0 Å². The Morgan fingerprint density at radius 1 is 1.00 bits per heavy atom. The summed E-state index contributed by atoms with van der Waals surface area (Å²) in [5, 5.41) is 2.90. The van der Waals surface area contributed by atoms with Crippen LogP contribution in [0.1, 0.15) is 24.0 Å². The van der Waals surface area contributed by atoms with Gasteiger partial charge in [0, 0.05) is 13.0 Å². The summed E-state index contributed by atoms with van der Waals surface area (Å²) in [6, 6.07) is 13.5. The second-order valence-electron chi connectivity index (χ2n) is 5.73. The normalized spacial score (nSPS) is 10.2. The maximum atomic E-state index is 11.9. The van der Waals surface area contributed by atoms with E-state index in [0.29, 0.717) is 37.5 Å². The van der Waals surface area contributed by atoms with E-state index in [9.17, 15) is 4.79 Å². The van der Waals surface area contributed by atoms with Crippen LogP contribution in [-0.2, 0) is 11.3 Å². The van der Waals surface area contributed by atoms with Gasteiger partial charge in [0.2, 0.25) is 5.91 Å². The van der Waals surface area contributed by atoms with E-state index in [0.717, 1.165) is 11.3 Å². The minimum atomic E-state index is 0.00212. The molecule has 0 aromatic heterocycles. The van der Waals surface area contributed by atoms with Crippen molar-refractivity contribution in [1.82, 2.24) is 5.32 Å². The third kappa shape index (κ3) is 6.03. The fraction of sp³-hybridized carbons (Fsp3) is 0.350. The molecule has 0 saturated heterocycles. The van der Waals surface area contributed by atoms with Gasteiger partial charge in [0.15, 0.2) is 11.5 Å². The molecule has 5 heteroatoms. The van der Waals surface area contributed by atoms with Crippen molar-refractivity contribution in [2.45, 2.75) is 26.3 Å². The number of methoxy groups -OCH3 is 2. The Kier molecular flexibility index (Phi) is 7.14. The van der Waals surface area contributed by atoms with Crippen LogP contribution in [-0.4, -0.2) is 26.7 Å². The molecular formula is C20H25NO4. The first-order chi connectivity index (χ1) is 12.1. The lowest BCUT2D eigenvalue weighted by molar-refractivity contribution is -0.121. The van der Waals surface area contributed by atoms with Gasteiger partial charge in [0.25, 0.3) is 0 Å². The summed E-state index contributed by atoms with van der Waals surface area (Å²) in [5.41, 5.74) is 2.16. The number of hydrogen-bond acceptors (Lipinski definition) is 4. The van der Waals surface area contributed by atoms with E-state index in [1.807, 2.05) is 49.4 Å². The predicted molar refractivity (Wildman–Crippen MR) is 97.3 cm³/mol. The number of hydrogen-bond donors (Lipinski definition) is 1. The highest BCUT2D eigenvalue weighted by molar-refractivity contribution is 5.75. The van der Waals surface area contributed by atoms with Crippen LogP contribution < -0.4 is 19.5 Å². The molecule has 0 aliphatic carbocycles. The maximum Gasteiger partial charge on any atom is 0.220 e. The Morgan fingerprint density at radius 3 is 2.40 bits per heavy atom. The number of carbonyl (C=O) groups is 1. The van der Waals surface area contributed by atoms with E-state index in [2.05, 4.69) is 5.32 Å². The number of rotatable bonds is 9. The SMILES string of the molecule is COc1ccc(CNC(=O)CCCOc2ccc(C)cc2)cc1OC. The minimum Gasteiger partial charge on any atom is -0.494 e. The van der Waals surface area contributed by atoms with Crippen LogP contribution in [0.4, 0.5) is 0 Å².